The molecule has 1 saturated heterocycles. The fourth-order valence-corrected chi connectivity index (χ4v) is 5.65. The molecule has 2 N–H and O–H groups in total. The van der Waals surface area contributed by atoms with Crippen LogP contribution in [0, 0.1) is 13.8 Å². The Labute approximate surface area is 118 Å². The van der Waals surface area contributed by atoms with Gasteiger partial charge in [-0.25, -0.2) is 21.6 Å². The van der Waals surface area contributed by atoms with E-state index in [-0.39, 0.29) is 10.6 Å². The molecule has 1 fully saturated rings. The van der Waals surface area contributed by atoms with Gasteiger partial charge in [-0.15, -0.1) is 0 Å². The quantitative estimate of drug-likeness (QED) is 0.799. The number of nitrogens with one attached hydrogen (secondary N) is 1. The predicted molar refractivity (Wildman–Crippen MR) is 74.7 cm³/mol. The monoisotopic (exact) mass is 319 g/mol. The molecule has 6 nitrogen and oxygen atoms in total. The third kappa shape index (κ3) is 3.20. The van der Waals surface area contributed by atoms with Gasteiger partial charge in [-0.3, -0.25) is 0 Å². The normalized spacial score (nSPS) is 25.8. The van der Waals surface area contributed by atoms with Crippen molar-refractivity contribution in [1.82, 2.24) is 4.72 Å². The van der Waals surface area contributed by atoms with Crippen molar-refractivity contribution in [2.45, 2.75) is 30.9 Å². The van der Waals surface area contributed by atoms with Crippen molar-refractivity contribution in [3.05, 3.63) is 29.3 Å². The van der Waals surface area contributed by atoms with Crippen molar-refractivity contribution in [1.29, 1.82) is 0 Å². The second kappa shape index (κ2) is 5.10. The van der Waals surface area contributed by atoms with Gasteiger partial charge in [-0.2, -0.15) is 0 Å². The van der Waals surface area contributed by atoms with Gasteiger partial charge in [0, 0.05) is 0 Å². The molecule has 112 valence electrons. The first-order valence-electron chi connectivity index (χ1n) is 6.09. The van der Waals surface area contributed by atoms with Gasteiger partial charge in [-0.05, 0) is 25.5 Å². The Hall–Kier alpha value is -0.960. The Morgan fingerprint density at radius 3 is 2.40 bits per heavy atom. The van der Waals surface area contributed by atoms with Gasteiger partial charge >= 0.3 is 0 Å². The van der Waals surface area contributed by atoms with Crippen LogP contribution in [0.5, 0.6) is 0 Å². The van der Waals surface area contributed by atoms with E-state index in [0.29, 0.717) is 5.56 Å². The van der Waals surface area contributed by atoms with E-state index in [1.807, 2.05) is 6.92 Å². The number of rotatable bonds is 3. The summed E-state index contributed by atoms with van der Waals surface area (Å²) in [5.74, 6) is -0.786. The summed E-state index contributed by atoms with van der Waals surface area (Å²) in [6, 6.07) is 3.88. The van der Waals surface area contributed by atoms with Crippen molar-refractivity contribution in [3.63, 3.8) is 0 Å². The smallest absolute Gasteiger partial charge is 0.241 e. The summed E-state index contributed by atoms with van der Waals surface area (Å²) in [5, 5.41) is 9.64. The molecule has 0 bridgehead atoms. The highest BCUT2D eigenvalue weighted by Gasteiger charge is 2.39. The molecule has 0 aliphatic carbocycles. The van der Waals surface area contributed by atoms with Crippen molar-refractivity contribution >= 4 is 19.9 Å². The van der Waals surface area contributed by atoms with E-state index < -0.39 is 37.8 Å². The zero-order valence-corrected chi connectivity index (χ0v) is 12.8. The molecule has 1 aromatic rings. The lowest BCUT2D eigenvalue weighted by Crippen LogP contribution is -2.42. The van der Waals surface area contributed by atoms with Crippen LogP contribution in [0.1, 0.15) is 11.1 Å². The molecule has 1 aliphatic rings. The van der Waals surface area contributed by atoms with Crippen LogP contribution in [0.2, 0.25) is 0 Å². The van der Waals surface area contributed by atoms with Crippen molar-refractivity contribution in [3.8, 4) is 0 Å². The minimum absolute atomic E-state index is 0.0968. The topological polar surface area (TPSA) is 101 Å². The van der Waals surface area contributed by atoms with Crippen LogP contribution in [0.3, 0.4) is 0 Å². The summed E-state index contributed by atoms with van der Waals surface area (Å²) >= 11 is 0. The molecule has 1 aromatic carbocycles. The van der Waals surface area contributed by atoms with Crippen LogP contribution < -0.4 is 4.72 Å². The van der Waals surface area contributed by atoms with Crippen molar-refractivity contribution < 1.29 is 21.9 Å². The molecule has 0 unspecified atom stereocenters. The van der Waals surface area contributed by atoms with Gasteiger partial charge < -0.3 is 5.11 Å². The third-order valence-corrected chi connectivity index (χ3v) is 6.62. The van der Waals surface area contributed by atoms with E-state index in [1.165, 1.54) is 6.07 Å². The van der Waals surface area contributed by atoms with Crippen LogP contribution in [-0.4, -0.2) is 45.6 Å². The van der Waals surface area contributed by atoms with E-state index in [2.05, 4.69) is 4.72 Å². The maximum atomic E-state index is 12.3. The van der Waals surface area contributed by atoms with E-state index in [4.69, 9.17) is 0 Å². The molecule has 2 atom stereocenters. The SMILES string of the molecule is Cc1ccc(S(=O)(=O)N[C@H]2CS(=O)(=O)C[C@@H]2O)c(C)c1. The Morgan fingerprint density at radius 2 is 1.90 bits per heavy atom. The molecule has 1 aliphatic heterocycles. The van der Waals surface area contributed by atoms with Crippen LogP contribution in [-0.2, 0) is 19.9 Å². The number of hydrogen-bond acceptors (Lipinski definition) is 5. The standard InChI is InChI=1S/C12H17NO5S2/c1-8-3-4-12(9(2)5-8)20(17,18)13-10-6-19(15,16)7-11(10)14/h3-5,10-11,13-14H,6-7H2,1-2H3/t10-,11-/m0/s1. The lowest BCUT2D eigenvalue weighted by molar-refractivity contribution is 0.176. The lowest BCUT2D eigenvalue weighted by Gasteiger charge is -2.16. The van der Waals surface area contributed by atoms with E-state index >= 15 is 0 Å². The molecule has 0 spiro atoms. The fourth-order valence-electron chi connectivity index (χ4n) is 2.31. The Morgan fingerprint density at radius 1 is 1.25 bits per heavy atom. The number of hydrogen-bond donors (Lipinski definition) is 2. The summed E-state index contributed by atoms with van der Waals surface area (Å²) in [5.41, 5.74) is 1.51. The minimum atomic E-state index is -3.85. The van der Waals surface area contributed by atoms with Gasteiger partial charge in [0.05, 0.1) is 28.5 Å². The van der Waals surface area contributed by atoms with Crippen LogP contribution in [0.15, 0.2) is 23.1 Å². The minimum Gasteiger partial charge on any atom is -0.390 e. The van der Waals surface area contributed by atoms with Gasteiger partial charge in [0.15, 0.2) is 9.84 Å². The van der Waals surface area contributed by atoms with Crippen LogP contribution >= 0.6 is 0 Å². The summed E-state index contributed by atoms with van der Waals surface area (Å²) in [7, 11) is -7.24. The Balaban J connectivity index is 2.28. The summed E-state index contributed by atoms with van der Waals surface area (Å²) in [4.78, 5) is 0.0968. The maximum absolute atomic E-state index is 12.3. The second-order valence-electron chi connectivity index (χ2n) is 5.14. The first kappa shape index (κ1) is 15.4. The van der Waals surface area contributed by atoms with Gasteiger partial charge in [0.25, 0.3) is 0 Å². The van der Waals surface area contributed by atoms with E-state index in [0.717, 1.165) is 5.56 Å². The summed E-state index contributed by atoms with van der Waals surface area (Å²) < 4.78 is 49.6. The largest absolute Gasteiger partial charge is 0.390 e. The molecular formula is C12H17NO5S2. The highest BCUT2D eigenvalue weighted by atomic mass is 32.2. The average Bonchev–Trinajstić information content (AvgIpc) is 2.50. The Kier molecular flexibility index (Phi) is 3.94. The van der Waals surface area contributed by atoms with Gasteiger partial charge in [-0.1, -0.05) is 17.7 Å². The number of aliphatic hydroxyl groups is 1. The number of benzene rings is 1. The highest BCUT2D eigenvalue weighted by Crippen LogP contribution is 2.19. The van der Waals surface area contributed by atoms with Gasteiger partial charge in [0.2, 0.25) is 10.0 Å². The lowest BCUT2D eigenvalue weighted by atomic mass is 10.2. The van der Waals surface area contributed by atoms with E-state index in [9.17, 15) is 21.9 Å². The third-order valence-electron chi connectivity index (χ3n) is 3.25. The zero-order valence-electron chi connectivity index (χ0n) is 11.2. The molecule has 0 amide bonds. The second-order valence-corrected chi connectivity index (χ2v) is 8.98. The zero-order chi connectivity index (χ0) is 15.1. The summed E-state index contributed by atoms with van der Waals surface area (Å²) in [6.45, 7) is 3.52. The predicted octanol–water partition coefficient (Wildman–Crippen LogP) is -0.260. The average molecular weight is 319 g/mol. The fraction of sp³-hybridized carbons (Fsp3) is 0.500. The molecule has 0 saturated carbocycles. The van der Waals surface area contributed by atoms with Crippen molar-refractivity contribution in [2.75, 3.05) is 11.5 Å². The molecule has 0 radical (unpaired) electrons. The number of aliphatic hydroxyl groups excluding tert-OH is 1. The van der Waals surface area contributed by atoms with Crippen LogP contribution in [0.25, 0.3) is 0 Å². The Bertz CT molecular complexity index is 724. The number of sulfone groups is 1. The van der Waals surface area contributed by atoms with Gasteiger partial charge in [0.1, 0.15) is 0 Å². The molecule has 8 heteroatoms. The molecular weight excluding hydrogens is 302 g/mol. The van der Waals surface area contributed by atoms with Crippen LogP contribution in [0.4, 0.5) is 0 Å². The molecule has 2 rings (SSSR count). The van der Waals surface area contributed by atoms with E-state index in [1.54, 1.807) is 19.1 Å². The first-order chi connectivity index (χ1) is 9.11. The number of aryl methyl sites for hydroxylation is 2. The number of sulfonamides is 1. The maximum Gasteiger partial charge on any atom is 0.241 e. The highest BCUT2D eigenvalue weighted by molar-refractivity contribution is 7.92. The molecule has 0 aromatic heterocycles. The molecule has 20 heavy (non-hydrogen) atoms. The molecule has 1 heterocycles. The summed E-state index contributed by atoms with van der Waals surface area (Å²) in [6.07, 6.45) is -1.21. The van der Waals surface area contributed by atoms with Crippen molar-refractivity contribution in [2.24, 2.45) is 0 Å². The first-order valence-corrected chi connectivity index (χ1v) is 9.39.